The predicted octanol–water partition coefficient (Wildman–Crippen LogP) is 6.87. The molecular weight excluding hydrogens is 499 g/mol. The molecule has 0 radical (unpaired) electrons. The lowest BCUT2D eigenvalue weighted by atomic mass is 10.1. The average Bonchev–Trinajstić information content (AvgIpc) is 3.18. The summed E-state index contributed by atoms with van der Waals surface area (Å²) in [5.74, 6) is 0.157. The van der Waals surface area contributed by atoms with Crippen LogP contribution in [0.1, 0.15) is 21.7 Å². The van der Waals surface area contributed by atoms with E-state index in [0.717, 1.165) is 21.2 Å². The first-order valence-electron chi connectivity index (χ1n) is 9.39. The topological polar surface area (TPSA) is 59.8 Å². The first kappa shape index (κ1) is 21.6. The number of aryl methyl sites for hydroxylation is 2. The maximum atomic E-state index is 13.0. The molecule has 0 saturated heterocycles. The number of anilines is 1. The monoisotopic (exact) mass is 514 g/mol. The van der Waals surface area contributed by atoms with Gasteiger partial charge in [-0.15, -0.1) is 5.10 Å². The third-order valence-corrected chi connectivity index (χ3v) is 5.96. The van der Waals surface area contributed by atoms with E-state index in [0.29, 0.717) is 27.2 Å². The van der Waals surface area contributed by atoms with E-state index in [1.165, 1.54) is 0 Å². The summed E-state index contributed by atoms with van der Waals surface area (Å²) in [6.45, 7) is 3.95. The number of halogens is 3. The summed E-state index contributed by atoms with van der Waals surface area (Å²) in [5.41, 5.74) is 4.24. The Balaban J connectivity index is 1.77. The van der Waals surface area contributed by atoms with Crippen molar-refractivity contribution < 1.29 is 4.79 Å². The van der Waals surface area contributed by atoms with Crippen LogP contribution in [0, 0.1) is 13.8 Å². The van der Waals surface area contributed by atoms with E-state index < -0.39 is 5.91 Å². The highest BCUT2D eigenvalue weighted by molar-refractivity contribution is 9.10. The molecule has 0 saturated carbocycles. The molecule has 0 aliphatic rings. The maximum absolute atomic E-state index is 13.0. The Labute approximate surface area is 198 Å². The van der Waals surface area contributed by atoms with Gasteiger partial charge in [0.15, 0.2) is 5.82 Å². The highest BCUT2D eigenvalue weighted by Crippen LogP contribution is 2.28. The predicted molar refractivity (Wildman–Crippen MR) is 128 cm³/mol. The van der Waals surface area contributed by atoms with Gasteiger partial charge in [-0.2, -0.15) is 0 Å². The summed E-state index contributed by atoms with van der Waals surface area (Å²) < 4.78 is 2.52. The highest BCUT2D eigenvalue weighted by atomic mass is 79.9. The second kappa shape index (κ2) is 8.83. The number of rotatable bonds is 4. The van der Waals surface area contributed by atoms with Gasteiger partial charge in [-0.25, -0.2) is 9.67 Å². The number of aromatic nitrogens is 3. The SMILES string of the molecule is Cc1ccc(NC(=O)c2nc(-c3ccc(Br)cc3)n(-c3ccc(Cl)c(Cl)c3)n2)c(C)c1. The largest absolute Gasteiger partial charge is 0.319 e. The van der Waals surface area contributed by atoms with Crippen molar-refractivity contribution in [3.05, 3.63) is 92.1 Å². The molecule has 4 aromatic rings. The number of carbonyl (C=O) groups is 1. The zero-order valence-electron chi connectivity index (χ0n) is 16.7. The van der Waals surface area contributed by atoms with Crippen molar-refractivity contribution in [2.75, 3.05) is 5.32 Å². The lowest BCUT2D eigenvalue weighted by Crippen LogP contribution is -2.15. The van der Waals surface area contributed by atoms with Crippen LogP contribution >= 0.6 is 39.1 Å². The standard InChI is InChI=1S/C23H17BrCl2N4O/c1-13-3-10-20(14(2)11-13)27-23(31)21-28-22(15-4-6-16(24)7-5-15)30(29-21)17-8-9-18(25)19(26)12-17/h3-12H,1-2H3,(H,27,31). The quantitative estimate of drug-likeness (QED) is 0.322. The van der Waals surface area contributed by atoms with Crippen LogP contribution < -0.4 is 5.32 Å². The van der Waals surface area contributed by atoms with Crippen LogP contribution in [0.25, 0.3) is 17.1 Å². The van der Waals surface area contributed by atoms with E-state index in [9.17, 15) is 4.79 Å². The van der Waals surface area contributed by atoms with Crippen LogP contribution in [0.2, 0.25) is 10.0 Å². The summed E-state index contributed by atoms with van der Waals surface area (Å²) in [6.07, 6.45) is 0. The van der Waals surface area contributed by atoms with Gasteiger partial charge in [0.25, 0.3) is 5.91 Å². The molecule has 4 rings (SSSR count). The Morgan fingerprint density at radius 3 is 2.39 bits per heavy atom. The van der Waals surface area contributed by atoms with Crippen molar-refractivity contribution in [2.24, 2.45) is 0 Å². The Hall–Kier alpha value is -2.67. The molecule has 1 aromatic heterocycles. The normalized spacial score (nSPS) is 10.9. The van der Waals surface area contributed by atoms with Crippen molar-refractivity contribution in [1.82, 2.24) is 14.8 Å². The molecule has 1 N–H and O–H groups in total. The minimum absolute atomic E-state index is 0.0453. The minimum atomic E-state index is -0.399. The van der Waals surface area contributed by atoms with E-state index >= 15 is 0 Å². The van der Waals surface area contributed by atoms with E-state index in [2.05, 4.69) is 31.3 Å². The van der Waals surface area contributed by atoms with Crippen molar-refractivity contribution in [2.45, 2.75) is 13.8 Å². The molecule has 1 heterocycles. The van der Waals surface area contributed by atoms with Crippen molar-refractivity contribution in [3.63, 3.8) is 0 Å². The second-order valence-corrected chi connectivity index (χ2v) is 8.78. The van der Waals surface area contributed by atoms with Gasteiger partial charge in [-0.3, -0.25) is 4.79 Å². The van der Waals surface area contributed by atoms with Crippen LogP contribution in [-0.2, 0) is 0 Å². The van der Waals surface area contributed by atoms with E-state index in [-0.39, 0.29) is 5.82 Å². The Kier molecular flexibility index (Phi) is 6.14. The van der Waals surface area contributed by atoms with Crippen LogP contribution in [0.4, 0.5) is 5.69 Å². The van der Waals surface area contributed by atoms with E-state index in [1.807, 2.05) is 56.3 Å². The van der Waals surface area contributed by atoms with E-state index in [4.69, 9.17) is 23.2 Å². The lowest BCUT2D eigenvalue weighted by molar-refractivity contribution is 0.101. The number of benzene rings is 3. The molecule has 0 spiro atoms. The van der Waals surface area contributed by atoms with Crippen molar-refractivity contribution in [3.8, 4) is 17.1 Å². The lowest BCUT2D eigenvalue weighted by Gasteiger charge is -2.07. The van der Waals surface area contributed by atoms with Gasteiger partial charge in [0.05, 0.1) is 15.7 Å². The highest BCUT2D eigenvalue weighted by Gasteiger charge is 2.20. The Morgan fingerprint density at radius 1 is 0.968 bits per heavy atom. The van der Waals surface area contributed by atoms with Crippen molar-refractivity contribution >= 4 is 50.7 Å². The number of hydrogen-bond acceptors (Lipinski definition) is 3. The molecule has 156 valence electrons. The molecule has 0 unspecified atom stereocenters. The third-order valence-electron chi connectivity index (χ3n) is 4.69. The fourth-order valence-corrected chi connectivity index (χ4v) is 3.68. The molecule has 0 fully saturated rings. The molecule has 0 aliphatic heterocycles. The number of hydrogen-bond donors (Lipinski definition) is 1. The van der Waals surface area contributed by atoms with Gasteiger partial charge in [0.2, 0.25) is 5.82 Å². The summed E-state index contributed by atoms with van der Waals surface area (Å²) in [6, 6.07) is 18.6. The van der Waals surface area contributed by atoms with Gasteiger partial charge >= 0.3 is 0 Å². The number of nitrogens with zero attached hydrogens (tertiary/aromatic N) is 3. The first-order valence-corrected chi connectivity index (χ1v) is 10.9. The number of carbonyl (C=O) groups excluding carboxylic acids is 1. The molecular formula is C23H17BrCl2N4O. The van der Waals surface area contributed by atoms with Gasteiger partial charge in [0.1, 0.15) is 0 Å². The summed E-state index contributed by atoms with van der Waals surface area (Å²) in [4.78, 5) is 17.5. The van der Waals surface area contributed by atoms with Crippen LogP contribution in [0.15, 0.2) is 65.1 Å². The second-order valence-electron chi connectivity index (χ2n) is 7.05. The Morgan fingerprint density at radius 2 is 1.71 bits per heavy atom. The van der Waals surface area contributed by atoms with Crippen LogP contribution in [0.5, 0.6) is 0 Å². The average molecular weight is 516 g/mol. The van der Waals surface area contributed by atoms with E-state index in [1.54, 1.807) is 22.9 Å². The summed E-state index contributed by atoms with van der Waals surface area (Å²) >= 11 is 15.7. The molecule has 5 nitrogen and oxygen atoms in total. The van der Waals surface area contributed by atoms with Crippen LogP contribution in [-0.4, -0.2) is 20.7 Å². The number of nitrogens with one attached hydrogen (secondary N) is 1. The Bertz CT molecular complexity index is 1290. The summed E-state index contributed by atoms with van der Waals surface area (Å²) in [7, 11) is 0. The van der Waals surface area contributed by atoms with Gasteiger partial charge in [-0.05, 0) is 55.8 Å². The summed E-state index contributed by atoms with van der Waals surface area (Å²) in [5, 5.41) is 8.19. The van der Waals surface area contributed by atoms with Gasteiger partial charge in [0, 0.05) is 15.7 Å². The zero-order chi connectivity index (χ0) is 22.1. The van der Waals surface area contributed by atoms with Gasteiger partial charge in [-0.1, -0.05) is 69.0 Å². The zero-order valence-corrected chi connectivity index (χ0v) is 19.8. The molecule has 0 aliphatic carbocycles. The maximum Gasteiger partial charge on any atom is 0.295 e. The molecule has 3 aromatic carbocycles. The van der Waals surface area contributed by atoms with Gasteiger partial charge < -0.3 is 5.32 Å². The third kappa shape index (κ3) is 4.66. The molecule has 1 amide bonds. The fourth-order valence-electron chi connectivity index (χ4n) is 3.12. The first-order chi connectivity index (χ1) is 14.8. The molecule has 0 bridgehead atoms. The van der Waals surface area contributed by atoms with Crippen LogP contribution in [0.3, 0.4) is 0 Å². The number of amides is 1. The smallest absolute Gasteiger partial charge is 0.295 e. The molecule has 0 atom stereocenters. The van der Waals surface area contributed by atoms with Crippen molar-refractivity contribution in [1.29, 1.82) is 0 Å². The fraction of sp³-hybridized carbons (Fsp3) is 0.0870. The molecule has 8 heteroatoms. The minimum Gasteiger partial charge on any atom is -0.319 e. The molecule has 31 heavy (non-hydrogen) atoms.